The average Bonchev–Trinajstić information content (AvgIpc) is 3.12. The maximum Gasteiger partial charge on any atom is 0.472 e. The van der Waals surface area contributed by atoms with Gasteiger partial charge in [-0.05, 0) is 70.6 Å². The van der Waals surface area contributed by atoms with E-state index in [4.69, 9.17) is 18.5 Å². The van der Waals surface area contributed by atoms with Gasteiger partial charge in [-0.15, -0.1) is 0 Å². The first-order chi connectivity index (χ1) is 26.0. The normalized spacial score (nSPS) is 14.6. The molecule has 0 rings (SSSR count). The Morgan fingerprint density at radius 1 is 0.593 bits per heavy atom. The molecule has 0 aliphatic heterocycles. The molecule has 0 amide bonds. The number of quaternary nitrogens is 1. The molecule has 0 bridgehead atoms. The van der Waals surface area contributed by atoms with E-state index in [9.17, 15) is 19.0 Å². The molecule has 9 nitrogen and oxygen atoms in total. The van der Waals surface area contributed by atoms with Crippen molar-refractivity contribution in [3.8, 4) is 0 Å². The second kappa shape index (κ2) is 35.9. The lowest BCUT2D eigenvalue weighted by molar-refractivity contribution is -0.870. The van der Waals surface area contributed by atoms with Crippen molar-refractivity contribution in [2.75, 3.05) is 47.5 Å². The number of rotatable bonds is 35. The first-order valence-corrected chi connectivity index (χ1v) is 21.8. The number of nitrogens with zero attached hydrogens (tertiary/aromatic N) is 1. The summed E-state index contributed by atoms with van der Waals surface area (Å²) in [6.07, 6.45) is 45.2. The van der Waals surface area contributed by atoms with Crippen LogP contribution in [0.5, 0.6) is 0 Å². The van der Waals surface area contributed by atoms with Crippen molar-refractivity contribution in [3.05, 3.63) is 85.1 Å². The standard InChI is InChI=1S/C44H74NO8P/c1-6-8-10-12-14-16-18-20-21-22-23-25-26-28-30-32-34-36-43(46)50-40-42(41-52-54(48,49)51-39-38-45(3,4)5)53-44(47)37-35-33-31-29-27-24-19-17-15-13-11-9-7-2/h8,10,14,16,20-21,23-25,27-28,30-31,33,42H,6-7,9,11-13,15,17-19,22,26,29,32,34-41H2,1-5H3/p+1/b10-8+,16-14+,21-20+,25-23+,27-24+,30-28+,33-31+. The predicted octanol–water partition coefficient (Wildman–Crippen LogP) is 11.2. The fourth-order valence-electron chi connectivity index (χ4n) is 4.75. The molecule has 0 aromatic heterocycles. The summed E-state index contributed by atoms with van der Waals surface area (Å²) in [7, 11) is 1.40. The van der Waals surface area contributed by atoms with Crippen LogP contribution in [0.2, 0.25) is 0 Å². The van der Waals surface area contributed by atoms with Gasteiger partial charge in [0.15, 0.2) is 6.10 Å². The molecule has 2 unspecified atom stereocenters. The number of carbonyl (C=O) groups is 2. The van der Waals surface area contributed by atoms with Crippen LogP contribution in [0.25, 0.3) is 0 Å². The van der Waals surface area contributed by atoms with Gasteiger partial charge in [0.05, 0.1) is 27.7 Å². The zero-order valence-corrected chi connectivity index (χ0v) is 35.3. The third kappa shape index (κ3) is 38.9. The number of unbranched alkanes of at least 4 members (excludes halogenated alkanes) is 7. The minimum absolute atomic E-state index is 0.00910. The monoisotopic (exact) mass is 777 g/mol. The molecule has 0 heterocycles. The lowest BCUT2D eigenvalue weighted by atomic mass is 10.1. The molecule has 2 atom stereocenters. The number of hydrogen-bond donors (Lipinski definition) is 1. The number of hydrogen-bond acceptors (Lipinski definition) is 7. The molecule has 0 aliphatic rings. The molecular formula is C44H75NO8P+. The van der Waals surface area contributed by atoms with Crippen LogP contribution in [0, 0.1) is 0 Å². The number of phosphoric acid groups is 1. The Hall–Kier alpha value is -2.81. The Balaban J connectivity index is 4.59. The van der Waals surface area contributed by atoms with Crippen molar-refractivity contribution in [2.45, 2.75) is 136 Å². The molecule has 0 spiro atoms. The molecular weight excluding hydrogens is 701 g/mol. The summed E-state index contributed by atoms with van der Waals surface area (Å²) in [5.74, 6) is -0.956. The topological polar surface area (TPSA) is 108 Å². The van der Waals surface area contributed by atoms with E-state index in [1.54, 1.807) is 0 Å². The van der Waals surface area contributed by atoms with E-state index in [1.807, 2.05) is 39.4 Å². The quantitative estimate of drug-likeness (QED) is 0.0223. The smallest absolute Gasteiger partial charge is 0.462 e. The van der Waals surface area contributed by atoms with E-state index in [1.165, 1.54) is 38.5 Å². The van der Waals surface area contributed by atoms with Crippen LogP contribution in [0.4, 0.5) is 0 Å². The van der Waals surface area contributed by atoms with Gasteiger partial charge in [-0.25, -0.2) is 4.57 Å². The molecule has 0 aliphatic carbocycles. The second-order valence-electron chi connectivity index (χ2n) is 14.3. The third-order valence-corrected chi connectivity index (χ3v) is 8.91. The Labute approximate surface area is 329 Å². The van der Waals surface area contributed by atoms with Crippen molar-refractivity contribution in [1.29, 1.82) is 0 Å². The van der Waals surface area contributed by atoms with Crippen molar-refractivity contribution in [2.24, 2.45) is 0 Å². The first-order valence-electron chi connectivity index (χ1n) is 20.3. The summed E-state index contributed by atoms with van der Waals surface area (Å²) in [4.78, 5) is 35.2. The Bertz CT molecular complexity index is 1200. The van der Waals surface area contributed by atoms with Crippen LogP contribution in [-0.4, -0.2) is 74.9 Å². The first kappa shape index (κ1) is 51.2. The number of carbonyl (C=O) groups excluding carboxylic acids is 2. The number of likely N-dealkylation sites (N-methyl/N-ethyl adjacent to an activating group) is 1. The minimum atomic E-state index is -4.40. The fourth-order valence-corrected chi connectivity index (χ4v) is 5.49. The lowest BCUT2D eigenvalue weighted by Gasteiger charge is -2.24. The van der Waals surface area contributed by atoms with Crippen molar-refractivity contribution in [3.63, 3.8) is 0 Å². The van der Waals surface area contributed by atoms with Crippen molar-refractivity contribution in [1.82, 2.24) is 0 Å². The van der Waals surface area contributed by atoms with Gasteiger partial charge in [0, 0.05) is 12.8 Å². The highest BCUT2D eigenvalue weighted by Crippen LogP contribution is 2.43. The fraction of sp³-hybridized carbons (Fsp3) is 0.636. The summed E-state index contributed by atoms with van der Waals surface area (Å²) in [6.45, 7) is 4.13. The summed E-state index contributed by atoms with van der Waals surface area (Å²) < 4.78 is 34.1. The second-order valence-corrected chi connectivity index (χ2v) is 15.7. The van der Waals surface area contributed by atoms with E-state index < -0.39 is 32.5 Å². The predicted molar refractivity (Wildman–Crippen MR) is 224 cm³/mol. The van der Waals surface area contributed by atoms with E-state index >= 15 is 0 Å². The number of allylic oxidation sites excluding steroid dienone is 14. The highest BCUT2D eigenvalue weighted by Gasteiger charge is 2.27. The van der Waals surface area contributed by atoms with Gasteiger partial charge < -0.3 is 18.9 Å². The SMILES string of the molecule is CC/C=C/C/C=C/C/C=C/C/C=C/C/C=C/CCCC(=O)OCC(COP(=O)(O)OCC[N+](C)(C)C)OC(=O)CC/C=C/C/C=C/CCCCCCCC. The van der Waals surface area contributed by atoms with Crippen LogP contribution >= 0.6 is 7.82 Å². The number of ether oxygens (including phenoxy) is 2. The van der Waals surface area contributed by atoms with Crippen molar-refractivity contribution >= 4 is 19.8 Å². The highest BCUT2D eigenvalue weighted by molar-refractivity contribution is 7.47. The van der Waals surface area contributed by atoms with Gasteiger partial charge in [-0.1, -0.05) is 131 Å². The highest BCUT2D eigenvalue weighted by atomic mass is 31.2. The molecule has 54 heavy (non-hydrogen) atoms. The van der Waals surface area contributed by atoms with Gasteiger partial charge in [-0.2, -0.15) is 0 Å². The van der Waals surface area contributed by atoms with Gasteiger partial charge in [0.25, 0.3) is 0 Å². The minimum Gasteiger partial charge on any atom is -0.462 e. The Kier molecular flexibility index (Phi) is 34.0. The van der Waals surface area contributed by atoms with E-state index in [-0.39, 0.29) is 26.1 Å². The molecule has 0 saturated heterocycles. The molecule has 10 heteroatoms. The van der Waals surface area contributed by atoms with E-state index in [2.05, 4.69) is 80.7 Å². The van der Waals surface area contributed by atoms with Crippen LogP contribution < -0.4 is 0 Å². The third-order valence-electron chi connectivity index (χ3n) is 7.92. The largest absolute Gasteiger partial charge is 0.472 e. The Morgan fingerprint density at radius 2 is 1.09 bits per heavy atom. The molecule has 308 valence electrons. The lowest BCUT2D eigenvalue weighted by Crippen LogP contribution is -2.37. The summed E-state index contributed by atoms with van der Waals surface area (Å²) in [5.41, 5.74) is 0. The maximum atomic E-state index is 12.6. The van der Waals surface area contributed by atoms with Crippen molar-refractivity contribution < 1.29 is 42.1 Å². The average molecular weight is 777 g/mol. The van der Waals surface area contributed by atoms with Gasteiger partial charge >= 0.3 is 19.8 Å². The summed E-state index contributed by atoms with van der Waals surface area (Å²) in [5, 5.41) is 0. The Morgan fingerprint density at radius 3 is 1.65 bits per heavy atom. The van der Waals surface area contributed by atoms with Gasteiger partial charge in [0.2, 0.25) is 0 Å². The summed E-state index contributed by atoms with van der Waals surface area (Å²) in [6, 6.07) is 0. The van der Waals surface area contributed by atoms with E-state index in [0.717, 1.165) is 51.4 Å². The zero-order valence-electron chi connectivity index (χ0n) is 34.4. The molecule has 0 aromatic carbocycles. The zero-order chi connectivity index (χ0) is 40.0. The maximum absolute atomic E-state index is 12.6. The van der Waals surface area contributed by atoms with Crippen LogP contribution in [0.1, 0.15) is 129 Å². The van der Waals surface area contributed by atoms with E-state index in [0.29, 0.717) is 23.9 Å². The number of esters is 2. The van der Waals surface area contributed by atoms with Crippen LogP contribution in [0.15, 0.2) is 85.1 Å². The van der Waals surface area contributed by atoms with Gasteiger partial charge in [0.1, 0.15) is 19.8 Å². The van der Waals surface area contributed by atoms with Gasteiger partial charge in [-0.3, -0.25) is 18.6 Å². The molecule has 1 N–H and O–H groups in total. The molecule has 0 fully saturated rings. The summed E-state index contributed by atoms with van der Waals surface area (Å²) >= 11 is 0. The molecule has 0 aromatic rings. The van der Waals surface area contributed by atoms with Crippen LogP contribution in [-0.2, 0) is 32.7 Å². The number of phosphoric ester groups is 1. The molecule has 0 saturated carbocycles. The van der Waals surface area contributed by atoms with Crippen LogP contribution in [0.3, 0.4) is 0 Å². The molecule has 0 radical (unpaired) electrons.